The molecule has 0 fully saturated rings. The van der Waals surface area contributed by atoms with Crippen LogP contribution in [0.25, 0.3) is 0 Å². The van der Waals surface area contributed by atoms with Crippen molar-refractivity contribution in [3.8, 4) is 0 Å². The van der Waals surface area contributed by atoms with Gasteiger partial charge in [-0.05, 0) is 29.9 Å². The van der Waals surface area contributed by atoms with Crippen LogP contribution in [0.2, 0.25) is 10.0 Å². The summed E-state index contributed by atoms with van der Waals surface area (Å²) in [5.41, 5.74) is 6.46. The number of hydrogen-bond donors (Lipinski definition) is 2. The Morgan fingerprint density at radius 2 is 1.75 bits per heavy atom. The van der Waals surface area contributed by atoms with E-state index in [9.17, 15) is 4.79 Å². The van der Waals surface area contributed by atoms with Crippen molar-refractivity contribution in [2.24, 2.45) is 17.8 Å². The molecule has 0 unspecified atom stereocenters. The molecule has 0 radical (unpaired) electrons. The van der Waals surface area contributed by atoms with Crippen LogP contribution in [0.15, 0.2) is 12.1 Å². The van der Waals surface area contributed by atoms with Crippen molar-refractivity contribution in [1.82, 2.24) is 5.32 Å². The Kier molecular flexibility index (Phi) is 6.15. The third-order valence-corrected chi connectivity index (χ3v) is 4.35. The first kappa shape index (κ1) is 17.1. The average Bonchev–Trinajstić information content (AvgIpc) is 2.34. The number of carbonyl (C=O) groups excluding carboxylic acids is 1. The first-order valence-corrected chi connectivity index (χ1v) is 7.52. The topological polar surface area (TPSA) is 55.1 Å². The number of benzene rings is 1. The zero-order valence-corrected chi connectivity index (χ0v) is 13.8. The van der Waals surface area contributed by atoms with Crippen LogP contribution in [0, 0.1) is 17.8 Å². The first-order valence-electron chi connectivity index (χ1n) is 6.76. The van der Waals surface area contributed by atoms with Crippen molar-refractivity contribution in [2.75, 3.05) is 12.3 Å². The minimum absolute atomic E-state index is 0.179. The molecule has 0 bridgehead atoms. The Balaban J connectivity index is 2.77. The van der Waals surface area contributed by atoms with Crippen molar-refractivity contribution >= 4 is 34.8 Å². The Labute approximate surface area is 130 Å². The molecular weight excluding hydrogens is 295 g/mol. The Morgan fingerprint density at radius 1 is 1.20 bits per heavy atom. The van der Waals surface area contributed by atoms with Gasteiger partial charge in [0.05, 0.1) is 15.7 Å². The molecule has 0 aliphatic rings. The fraction of sp³-hybridized carbons (Fsp3) is 0.533. The summed E-state index contributed by atoms with van der Waals surface area (Å²) in [6, 6.07) is 3.08. The van der Waals surface area contributed by atoms with Gasteiger partial charge in [-0.3, -0.25) is 4.79 Å². The molecule has 5 heteroatoms. The van der Waals surface area contributed by atoms with Crippen LogP contribution in [0.4, 0.5) is 5.69 Å². The molecule has 0 heterocycles. The zero-order chi connectivity index (χ0) is 15.4. The summed E-state index contributed by atoms with van der Waals surface area (Å²) in [7, 11) is 0. The monoisotopic (exact) mass is 316 g/mol. The molecule has 0 saturated heterocycles. The quantitative estimate of drug-likeness (QED) is 0.798. The Bertz CT molecular complexity index is 456. The fourth-order valence-corrected chi connectivity index (χ4v) is 2.63. The second-order valence-electron chi connectivity index (χ2n) is 5.72. The first-order chi connectivity index (χ1) is 9.23. The number of nitrogens with two attached hydrogens (primary N) is 1. The smallest absolute Gasteiger partial charge is 0.251 e. The molecule has 112 valence electrons. The van der Waals surface area contributed by atoms with Gasteiger partial charge in [-0.1, -0.05) is 50.9 Å². The summed E-state index contributed by atoms with van der Waals surface area (Å²) < 4.78 is 0. The maximum Gasteiger partial charge on any atom is 0.251 e. The van der Waals surface area contributed by atoms with Gasteiger partial charge in [0, 0.05) is 12.1 Å². The molecule has 0 aliphatic carbocycles. The van der Waals surface area contributed by atoms with E-state index in [-0.39, 0.29) is 10.9 Å². The summed E-state index contributed by atoms with van der Waals surface area (Å²) in [5, 5.41) is 3.51. The molecule has 1 aromatic rings. The predicted molar refractivity (Wildman–Crippen MR) is 86.4 cm³/mol. The normalized spacial score (nSPS) is 11.4. The third-order valence-electron chi connectivity index (χ3n) is 3.53. The molecule has 1 amide bonds. The second-order valence-corrected chi connectivity index (χ2v) is 6.51. The van der Waals surface area contributed by atoms with Crippen LogP contribution < -0.4 is 11.1 Å². The number of anilines is 1. The van der Waals surface area contributed by atoms with Crippen LogP contribution in [0.1, 0.15) is 38.1 Å². The maximum absolute atomic E-state index is 12.1. The molecule has 0 aromatic heterocycles. The lowest BCUT2D eigenvalue weighted by Gasteiger charge is -2.25. The average molecular weight is 317 g/mol. The molecule has 0 atom stereocenters. The van der Waals surface area contributed by atoms with Crippen LogP contribution in [0.3, 0.4) is 0 Å². The van der Waals surface area contributed by atoms with E-state index in [0.29, 0.717) is 40.6 Å². The Morgan fingerprint density at radius 3 is 2.20 bits per heavy atom. The number of rotatable bonds is 5. The Hall–Kier alpha value is -0.930. The van der Waals surface area contributed by atoms with Gasteiger partial charge in [0.2, 0.25) is 0 Å². The number of amides is 1. The third kappa shape index (κ3) is 4.29. The van der Waals surface area contributed by atoms with Gasteiger partial charge in [-0.2, -0.15) is 0 Å². The lowest BCUT2D eigenvalue weighted by Crippen LogP contribution is -2.34. The molecular formula is C15H22Cl2N2O. The number of halogens is 2. The number of hydrogen-bond acceptors (Lipinski definition) is 2. The van der Waals surface area contributed by atoms with Crippen molar-refractivity contribution in [3.05, 3.63) is 27.7 Å². The van der Waals surface area contributed by atoms with E-state index in [1.54, 1.807) is 6.07 Å². The van der Waals surface area contributed by atoms with Crippen LogP contribution in [-0.4, -0.2) is 12.5 Å². The van der Waals surface area contributed by atoms with Gasteiger partial charge in [0.1, 0.15) is 0 Å². The highest BCUT2D eigenvalue weighted by atomic mass is 35.5. The summed E-state index contributed by atoms with van der Waals surface area (Å²) >= 11 is 11.8. The van der Waals surface area contributed by atoms with Crippen LogP contribution in [-0.2, 0) is 0 Å². The van der Waals surface area contributed by atoms with E-state index in [2.05, 4.69) is 33.0 Å². The van der Waals surface area contributed by atoms with E-state index in [4.69, 9.17) is 28.9 Å². The molecule has 20 heavy (non-hydrogen) atoms. The van der Waals surface area contributed by atoms with E-state index in [1.807, 2.05) is 0 Å². The fourth-order valence-electron chi connectivity index (χ4n) is 2.30. The van der Waals surface area contributed by atoms with Gasteiger partial charge >= 0.3 is 0 Å². The second kappa shape index (κ2) is 7.19. The zero-order valence-electron chi connectivity index (χ0n) is 12.3. The van der Waals surface area contributed by atoms with Crippen molar-refractivity contribution in [2.45, 2.75) is 27.7 Å². The van der Waals surface area contributed by atoms with Gasteiger partial charge < -0.3 is 11.1 Å². The van der Waals surface area contributed by atoms with Crippen LogP contribution in [0.5, 0.6) is 0 Å². The molecule has 3 N–H and O–H groups in total. The highest BCUT2D eigenvalue weighted by Crippen LogP contribution is 2.29. The standard InChI is InChI=1S/C15H22Cl2N2O/c1-8(2)11(9(3)4)7-19-15(20)10-5-12(16)14(17)13(18)6-10/h5-6,8-9,11H,7,18H2,1-4H3,(H,19,20). The molecule has 1 aromatic carbocycles. The van der Waals surface area contributed by atoms with E-state index >= 15 is 0 Å². The van der Waals surface area contributed by atoms with E-state index in [1.165, 1.54) is 6.07 Å². The minimum atomic E-state index is -0.179. The summed E-state index contributed by atoms with van der Waals surface area (Å²) in [6.07, 6.45) is 0. The minimum Gasteiger partial charge on any atom is -0.397 e. The number of nitrogen functional groups attached to an aromatic ring is 1. The van der Waals surface area contributed by atoms with Crippen molar-refractivity contribution in [1.29, 1.82) is 0 Å². The lowest BCUT2D eigenvalue weighted by molar-refractivity contribution is 0.0937. The predicted octanol–water partition coefficient (Wildman–Crippen LogP) is 4.23. The number of nitrogens with one attached hydrogen (secondary N) is 1. The number of carbonyl (C=O) groups is 1. The maximum atomic E-state index is 12.1. The highest BCUT2D eigenvalue weighted by molar-refractivity contribution is 6.43. The van der Waals surface area contributed by atoms with Crippen molar-refractivity contribution < 1.29 is 4.79 Å². The van der Waals surface area contributed by atoms with Gasteiger partial charge in [0.25, 0.3) is 5.91 Å². The van der Waals surface area contributed by atoms with Gasteiger partial charge in [-0.15, -0.1) is 0 Å². The summed E-state index contributed by atoms with van der Waals surface area (Å²) in [5.74, 6) is 1.27. The van der Waals surface area contributed by atoms with Crippen molar-refractivity contribution in [3.63, 3.8) is 0 Å². The largest absolute Gasteiger partial charge is 0.397 e. The summed E-state index contributed by atoms with van der Waals surface area (Å²) in [4.78, 5) is 12.1. The molecule has 1 rings (SSSR count). The van der Waals surface area contributed by atoms with E-state index < -0.39 is 0 Å². The molecule has 0 aliphatic heterocycles. The van der Waals surface area contributed by atoms with Gasteiger partial charge in [0.15, 0.2) is 0 Å². The molecule has 3 nitrogen and oxygen atoms in total. The lowest BCUT2D eigenvalue weighted by atomic mass is 9.85. The highest BCUT2D eigenvalue weighted by Gasteiger charge is 2.19. The summed E-state index contributed by atoms with van der Waals surface area (Å²) in [6.45, 7) is 9.28. The van der Waals surface area contributed by atoms with Gasteiger partial charge in [-0.25, -0.2) is 0 Å². The van der Waals surface area contributed by atoms with Crippen LogP contribution >= 0.6 is 23.2 Å². The SMILES string of the molecule is CC(C)C(CNC(=O)c1cc(N)c(Cl)c(Cl)c1)C(C)C. The van der Waals surface area contributed by atoms with E-state index in [0.717, 1.165) is 0 Å². The molecule has 0 saturated carbocycles. The molecule has 0 spiro atoms.